The summed E-state index contributed by atoms with van der Waals surface area (Å²) in [6.07, 6.45) is 0.896. The molecule has 4 rings (SSSR count). The zero-order chi connectivity index (χ0) is 23.1. The normalized spacial score (nSPS) is 19.1. The van der Waals surface area contributed by atoms with Crippen LogP contribution in [0.15, 0.2) is 42.7 Å². The smallest absolute Gasteiger partial charge is 0.267 e. The number of nitrogens with zero attached hydrogens (tertiary/aromatic N) is 4. The average Bonchev–Trinajstić information content (AvgIpc) is 2.99. The number of anilines is 1. The van der Waals surface area contributed by atoms with Crippen LogP contribution in [0, 0.1) is 11.8 Å². The summed E-state index contributed by atoms with van der Waals surface area (Å²) in [5, 5.41) is 10.5. The summed E-state index contributed by atoms with van der Waals surface area (Å²) in [7, 11) is -2.02. The third-order valence-corrected chi connectivity index (χ3v) is 5.36. The van der Waals surface area contributed by atoms with Gasteiger partial charge in [0.1, 0.15) is 13.2 Å². The molecule has 1 atom stereocenters. The molecule has 1 unspecified atom stereocenters. The highest BCUT2D eigenvalue weighted by molar-refractivity contribution is 7.92. The molecule has 0 spiro atoms. The molecular weight excluding hydrogens is 418 g/mol. The maximum absolute atomic E-state index is 12.1. The van der Waals surface area contributed by atoms with Crippen molar-refractivity contribution in [2.45, 2.75) is 12.0 Å². The Morgan fingerprint density at radius 3 is 2.81 bits per heavy atom. The number of hydrogen-bond donors (Lipinski definition) is 2. The molecule has 0 saturated carbocycles. The van der Waals surface area contributed by atoms with E-state index in [1.54, 1.807) is 43.4 Å². The van der Waals surface area contributed by atoms with Crippen LogP contribution in [0.1, 0.15) is 13.4 Å². The summed E-state index contributed by atoms with van der Waals surface area (Å²) in [6.45, 7) is 0.441. The number of carbonyl (C=O) groups excluding carboxylic acids is 1. The Morgan fingerprint density at radius 2 is 2.10 bits per heavy atom. The van der Waals surface area contributed by atoms with E-state index >= 15 is 0 Å². The number of aliphatic hydroxyl groups is 1. The van der Waals surface area contributed by atoms with Gasteiger partial charge in [0.25, 0.3) is 5.91 Å². The Hall–Kier alpha value is -3.55. The van der Waals surface area contributed by atoms with Crippen molar-refractivity contribution in [3.63, 3.8) is 0 Å². The van der Waals surface area contributed by atoms with E-state index in [4.69, 9.17) is 1.37 Å². The van der Waals surface area contributed by atoms with Gasteiger partial charge in [-0.2, -0.15) is 0 Å². The van der Waals surface area contributed by atoms with Crippen molar-refractivity contribution in [3.05, 3.63) is 48.3 Å². The van der Waals surface area contributed by atoms with Gasteiger partial charge in [0.05, 0.1) is 17.5 Å². The van der Waals surface area contributed by atoms with Crippen LogP contribution < -0.4 is 4.72 Å². The number of sulfonamides is 1. The number of rotatable bonds is 3. The molecule has 2 N–H and O–H groups in total. The molecule has 3 heterocycles. The molecule has 1 aliphatic rings. The van der Waals surface area contributed by atoms with E-state index in [9.17, 15) is 18.3 Å². The fourth-order valence-electron chi connectivity index (χ4n) is 3.21. The summed E-state index contributed by atoms with van der Waals surface area (Å²) in [4.78, 5) is 25.9. The van der Waals surface area contributed by atoms with Crippen LogP contribution in [-0.4, -0.2) is 64.7 Å². The second-order valence-electron chi connectivity index (χ2n) is 7.28. The number of hydrogen-bond acceptors (Lipinski definition) is 7. The highest BCUT2D eigenvalue weighted by atomic mass is 32.2. The Kier molecular flexibility index (Phi) is 4.77. The molecular formula is C21H19N5O4S. The van der Waals surface area contributed by atoms with E-state index in [0.717, 1.165) is 6.26 Å². The van der Waals surface area contributed by atoms with Gasteiger partial charge >= 0.3 is 0 Å². The van der Waals surface area contributed by atoms with E-state index in [1.807, 2.05) is 0 Å². The maximum atomic E-state index is 12.1. The first-order valence-electron chi connectivity index (χ1n) is 9.79. The Balaban J connectivity index is 1.73. The van der Waals surface area contributed by atoms with Gasteiger partial charge in [-0.25, -0.2) is 23.4 Å². The number of likely N-dealkylation sites (tertiary alicyclic amines) is 1. The lowest BCUT2D eigenvalue weighted by Gasteiger charge is -2.13. The third kappa shape index (κ3) is 4.33. The van der Waals surface area contributed by atoms with Crippen molar-refractivity contribution in [2.75, 3.05) is 24.6 Å². The van der Waals surface area contributed by atoms with Crippen LogP contribution in [0.3, 0.4) is 0 Å². The fraction of sp³-hybridized carbons (Fsp3) is 0.238. The molecule has 0 aliphatic carbocycles. The SMILES string of the molecule is [2H]c1nc(NS(C)(=O)=O)c2nc(-c3cccc(C#CC4(O)CCN(C)C4=O)c3)ccc2n1. The monoisotopic (exact) mass is 438 g/mol. The number of likely N-dealkylation sites (N-methyl/N-ethyl adjacent to an activating group) is 1. The summed E-state index contributed by atoms with van der Waals surface area (Å²) in [5.41, 5.74) is 0.600. The lowest BCUT2D eigenvalue weighted by atomic mass is 10.0. The van der Waals surface area contributed by atoms with Gasteiger partial charge < -0.3 is 10.0 Å². The fourth-order valence-corrected chi connectivity index (χ4v) is 3.70. The number of pyridine rings is 1. The van der Waals surface area contributed by atoms with E-state index in [2.05, 4.69) is 31.5 Å². The van der Waals surface area contributed by atoms with Crippen molar-refractivity contribution in [3.8, 4) is 23.1 Å². The van der Waals surface area contributed by atoms with Crippen LogP contribution in [0.25, 0.3) is 22.3 Å². The molecule has 9 nitrogen and oxygen atoms in total. The third-order valence-electron chi connectivity index (χ3n) is 4.79. The Labute approximate surface area is 180 Å². The number of carbonyl (C=O) groups is 1. The van der Waals surface area contributed by atoms with Crippen molar-refractivity contribution in [1.82, 2.24) is 19.9 Å². The van der Waals surface area contributed by atoms with Gasteiger partial charge in [-0.3, -0.25) is 9.52 Å². The van der Waals surface area contributed by atoms with Crippen molar-refractivity contribution >= 4 is 32.8 Å². The highest BCUT2D eigenvalue weighted by Gasteiger charge is 2.42. The molecule has 10 heteroatoms. The molecule has 0 radical (unpaired) electrons. The lowest BCUT2D eigenvalue weighted by Crippen LogP contribution is -2.37. The van der Waals surface area contributed by atoms with E-state index in [0.29, 0.717) is 28.9 Å². The maximum Gasteiger partial charge on any atom is 0.267 e. The first kappa shape index (κ1) is 19.4. The minimum Gasteiger partial charge on any atom is -0.369 e. The topological polar surface area (TPSA) is 125 Å². The summed E-state index contributed by atoms with van der Waals surface area (Å²) < 4.78 is 33.3. The number of fused-ring (bicyclic) bond motifs is 1. The largest absolute Gasteiger partial charge is 0.369 e. The van der Waals surface area contributed by atoms with E-state index < -0.39 is 21.5 Å². The number of amides is 1. The van der Waals surface area contributed by atoms with Crippen LogP contribution in [0.4, 0.5) is 5.82 Å². The number of benzene rings is 1. The summed E-state index contributed by atoms with van der Waals surface area (Å²) >= 11 is 0. The average molecular weight is 438 g/mol. The second-order valence-corrected chi connectivity index (χ2v) is 9.03. The molecule has 3 aromatic rings. The Morgan fingerprint density at radius 1 is 1.29 bits per heavy atom. The van der Waals surface area contributed by atoms with Gasteiger partial charge in [-0.1, -0.05) is 24.0 Å². The quantitative estimate of drug-likeness (QED) is 0.585. The standard InChI is InChI=1S/C21H19N5O4S/c1-26-11-10-21(28,20(26)27)9-8-14-4-3-5-15(12-14)16-6-7-17-18(24-16)19(23-13-22-17)25-31(2,29)30/h3-7,12-13,28H,10-11H2,1-2H3,(H,22,23,25)/i13D. The van der Waals surface area contributed by atoms with Crippen molar-refractivity contribution < 1.29 is 19.7 Å². The first-order chi connectivity index (χ1) is 15.0. The van der Waals surface area contributed by atoms with Crippen LogP contribution in [-0.2, 0) is 14.8 Å². The minimum atomic E-state index is -3.64. The van der Waals surface area contributed by atoms with Gasteiger partial charge in [0.2, 0.25) is 15.6 Å². The van der Waals surface area contributed by atoms with Crippen molar-refractivity contribution in [2.24, 2.45) is 0 Å². The molecule has 158 valence electrons. The van der Waals surface area contributed by atoms with Crippen LogP contribution >= 0.6 is 0 Å². The molecule has 1 saturated heterocycles. The van der Waals surface area contributed by atoms with Gasteiger partial charge in [-0.15, -0.1) is 0 Å². The zero-order valence-electron chi connectivity index (χ0n) is 17.7. The highest BCUT2D eigenvalue weighted by Crippen LogP contribution is 2.25. The summed E-state index contributed by atoms with van der Waals surface area (Å²) in [6, 6.07) is 10.4. The van der Waals surface area contributed by atoms with Crippen molar-refractivity contribution in [1.29, 1.82) is 0 Å². The molecule has 1 aromatic carbocycles. The first-order valence-corrected chi connectivity index (χ1v) is 11.2. The van der Waals surface area contributed by atoms with Gasteiger partial charge in [0.15, 0.2) is 5.82 Å². The van der Waals surface area contributed by atoms with Crippen LogP contribution in [0.2, 0.25) is 0 Å². The predicted molar refractivity (Wildman–Crippen MR) is 115 cm³/mol. The predicted octanol–water partition coefficient (Wildman–Crippen LogP) is 1.01. The zero-order valence-corrected chi connectivity index (χ0v) is 17.6. The van der Waals surface area contributed by atoms with Gasteiger partial charge in [-0.05, 0) is 24.3 Å². The van der Waals surface area contributed by atoms with E-state index in [-0.39, 0.29) is 24.1 Å². The number of aromatic nitrogens is 3. The molecule has 0 bridgehead atoms. The van der Waals surface area contributed by atoms with Gasteiger partial charge in [0, 0.05) is 31.1 Å². The molecule has 31 heavy (non-hydrogen) atoms. The molecule has 1 aliphatic heterocycles. The Bertz CT molecular complexity index is 1420. The van der Waals surface area contributed by atoms with Crippen LogP contribution in [0.5, 0.6) is 0 Å². The molecule has 1 fully saturated rings. The second kappa shape index (κ2) is 7.61. The lowest BCUT2D eigenvalue weighted by molar-refractivity contribution is -0.137. The molecule has 2 aromatic heterocycles. The minimum absolute atomic E-state index is 0.0774. The number of nitrogens with one attached hydrogen (secondary N) is 1. The van der Waals surface area contributed by atoms with E-state index in [1.165, 1.54) is 4.90 Å². The summed E-state index contributed by atoms with van der Waals surface area (Å²) in [5.74, 6) is 5.04. The molecule has 1 amide bonds.